The minimum absolute atomic E-state index is 0.0728. The number of carbonyl (C=O) groups is 1. The number of carbonyl (C=O) groups excluding carboxylic acids is 1. The van der Waals surface area contributed by atoms with E-state index in [0.29, 0.717) is 6.04 Å². The van der Waals surface area contributed by atoms with E-state index in [-0.39, 0.29) is 6.03 Å². The summed E-state index contributed by atoms with van der Waals surface area (Å²) in [7, 11) is 0. The SMILES string of the molecule is O=C(Nc1ccccc1CN1CCOCC1)NC1CCCCCC1. The fourth-order valence-corrected chi connectivity index (χ4v) is 3.55. The van der Waals surface area contributed by atoms with Crippen molar-refractivity contribution in [2.45, 2.75) is 51.1 Å². The van der Waals surface area contributed by atoms with E-state index in [1.165, 1.54) is 25.7 Å². The van der Waals surface area contributed by atoms with E-state index in [1.807, 2.05) is 18.2 Å². The van der Waals surface area contributed by atoms with Crippen LogP contribution < -0.4 is 10.6 Å². The van der Waals surface area contributed by atoms with Crippen LogP contribution in [0.5, 0.6) is 0 Å². The van der Waals surface area contributed by atoms with Crippen LogP contribution >= 0.6 is 0 Å². The Morgan fingerprint density at radius 2 is 1.79 bits per heavy atom. The molecule has 5 heteroatoms. The van der Waals surface area contributed by atoms with Crippen molar-refractivity contribution in [3.63, 3.8) is 0 Å². The summed E-state index contributed by atoms with van der Waals surface area (Å²) >= 11 is 0. The number of benzene rings is 1. The molecule has 3 rings (SSSR count). The lowest BCUT2D eigenvalue weighted by Crippen LogP contribution is -2.38. The highest BCUT2D eigenvalue weighted by Crippen LogP contribution is 2.19. The number of nitrogens with zero attached hydrogens (tertiary/aromatic N) is 1. The second kappa shape index (κ2) is 9.04. The van der Waals surface area contributed by atoms with Gasteiger partial charge in [0.2, 0.25) is 0 Å². The largest absolute Gasteiger partial charge is 0.379 e. The summed E-state index contributed by atoms with van der Waals surface area (Å²) in [6, 6.07) is 8.34. The second-order valence-electron chi connectivity index (χ2n) is 6.83. The minimum Gasteiger partial charge on any atom is -0.379 e. The molecule has 2 fully saturated rings. The number of hydrogen-bond donors (Lipinski definition) is 2. The predicted molar refractivity (Wildman–Crippen MR) is 96.2 cm³/mol. The van der Waals surface area contributed by atoms with Crippen LogP contribution in [0.1, 0.15) is 44.1 Å². The zero-order chi connectivity index (χ0) is 16.6. The van der Waals surface area contributed by atoms with E-state index in [4.69, 9.17) is 4.74 Å². The summed E-state index contributed by atoms with van der Waals surface area (Å²) in [6.45, 7) is 4.32. The van der Waals surface area contributed by atoms with Crippen molar-refractivity contribution in [1.29, 1.82) is 0 Å². The molecule has 1 aliphatic carbocycles. The third-order valence-corrected chi connectivity index (χ3v) is 4.95. The molecule has 1 aromatic carbocycles. The molecule has 1 aliphatic heterocycles. The van der Waals surface area contributed by atoms with Crippen molar-refractivity contribution in [1.82, 2.24) is 10.2 Å². The summed E-state index contributed by atoms with van der Waals surface area (Å²) in [6.07, 6.45) is 7.23. The second-order valence-corrected chi connectivity index (χ2v) is 6.83. The molecule has 0 spiro atoms. The van der Waals surface area contributed by atoms with Crippen molar-refractivity contribution in [2.24, 2.45) is 0 Å². The molecule has 0 unspecified atom stereocenters. The summed E-state index contributed by atoms with van der Waals surface area (Å²) < 4.78 is 5.41. The van der Waals surface area contributed by atoms with Crippen molar-refractivity contribution < 1.29 is 9.53 Å². The van der Waals surface area contributed by atoms with Gasteiger partial charge in [0.05, 0.1) is 13.2 Å². The van der Waals surface area contributed by atoms with Crippen LogP contribution in [0.25, 0.3) is 0 Å². The van der Waals surface area contributed by atoms with Gasteiger partial charge >= 0.3 is 6.03 Å². The highest BCUT2D eigenvalue weighted by molar-refractivity contribution is 5.90. The van der Waals surface area contributed by atoms with Gasteiger partial charge in [0.1, 0.15) is 0 Å². The van der Waals surface area contributed by atoms with Gasteiger partial charge in [-0.15, -0.1) is 0 Å². The number of ether oxygens (including phenoxy) is 1. The number of rotatable bonds is 4. The summed E-state index contributed by atoms with van der Waals surface area (Å²) in [4.78, 5) is 14.7. The number of morpholine rings is 1. The van der Waals surface area contributed by atoms with E-state index in [0.717, 1.165) is 56.9 Å². The highest BCUT2D eigenvalue weighted by Gasteiger charge is 2.16. The van der Waals surface area contributed by atoms with Gasteiger partial charge in [0, 0.05) is 31.4 Å². The number of para-hydroxylation sites is 1. The third-order valence-electron chi connectivity index (χ3n) is 4.95. The van der Waals surface area contributed by atoms with Crippen molar-refractivity contribution >= 4 is 11.7 Å². The van der Waals surface area contributed by atoms with Gasteiger partial charge in [-0.05, 0) is 24.5 Å². The quantitative estimate of drug-likeness (QED) is 0.832. The Hall–Kier alpha value is -1.59. The molecule has 1 saturated heterocycles. The van der Waals surface area contributed by atoms with E-state index < -0.39 is 0 Å². The maximum atomic E-state index is 12.4. The summed E-state index contributed by atoms with van der Waals surface area (Å²) in [5.41, 5.74) is 2.07. The van der Waals surface area contributed by atoms with Crippen molar-refractivity contribution in [2.75, 3.05) is 31.6 Å². The molecule has 2 aliphatic rings. The first-order valence-corrected chi connectivity index (χ1v) is 9.27. The average Bonchev–Trinajstić information content (AvgIpc) is 2.86. The number of amides is 2. The minimum atomic E-state index is -0.0728. The Morgan fingerprint density at radius 1 is 1.08 bits per heavy atom. The molecule has 132 valence electrons. The monoisotopic (exact) mass is 331 g/mol. The molecule has 1 saturated carbocycles. The lowest BCUT2D eigenvalue weighted by molar-refractivity contribution is 0.0343. The maximum Gasteiger partial charge on any atom is 0.319 e. The molecule has 1 heterocycles. The average molecular weight is 331 g/mol. The van der Waals surface area contributed by atoms with E-state index >= 15 is 0 Å². The lowest BCUT2D eigenvalue weighted by Gasteiger charge is -2.27. The van der Waals surface area contributed by atoms with Crippen LogP contribution in [-0.4, -0.2) is 43.3 Å². The molecule has 2 N–H and O–H groups in total. The van der Waals surface area contributed by atoms with Crippen LogP contribution in [0.4, 0.5) is 10.5 Å². The number of anilines is 1. The Balaban J connectivity index is 1.56. The first-order chi connectivity index (χ1) is 11.8. The van der Waals surface area contributed by atoms with Crippen LogP contribution in [0.2, 0.25) is 0 Å². The normalized spacial score (nSPS) is 20.3. The van der Waals surface area contributed by atoms with Crippen LogP contribution in [0, 0.1) is 0 Å². The van der Waals surface area contributed by atoms with Gasteiger partial charge in [-0.1, -0.05) is 43.9 Å². The van der Waals surface area contributed by atoms with Crippen molar-refractivity contribution in [3.8, 4) is 0 Å². The first-order valence-electron chi connectivity index (χ1n) is 9.27. The fourth-order valence-electron chi connectivity index (χ4n) is 3.55. The lowest BCUT2D eigenvalue weighted by atomic mass is 10.1. The molecule has 0 atom stereocenters. The molecule has 2 amide bonds. The molecular weight excluding hydrogens is 302 g/mol. The Bertz CT molecular complexity index is 521. The molecule has 0 bridgehead atoms. The number of urea groups is 1. The molecule has 1 aromatic rings. The molecule has 0 radical (unpaired) electrons. The standard InChI is InChI=1S/C19H29N3O2/c23-19(20-17-8-3-1-2-4-9-17)21-18-10-6-5-7-16(18)15-22-11-13-24-14-12-22/h5-7,10,17H,1-4,8-9,11-15H2,(H2,20,21,23). The van der Waals surface area contributed by atoms with Crippen LogP contribution in [0.15, 0.2) is 24.3 Å². The topological polar surface area (TPSA) is 53.6 Å². The predicted octanol–water partition coefficient (Wildman–Crippen LogP) is 3.36. The Kier molecular flexibility index (Phi) is 6.49. The van der Waals surface area contributed by atoms with Gasteiger partial charge in [0.15, 0.2) is 0 Å². The van der Waals surface area contributed by atoms with Gasteiger partial charge in [-0.25, -0.2) is 4.79 Å². The smallest absolute Gasteiger partial charge is 0.319 e. The van der Waals surface area contributed by atoms with Gasteiger partial charge in [-0.2, -0.15) is 0 Å². The zero-order valence-corrected chi connectivity index (χ0v) is 14.4. The fraction of sp³-hybridized carbons (Fsp3) is 0.632. The summed E-state index contributed by atoms with van der Waals surface area (Å²) in [5, 5.41) is 6.21. The molecule has 24 heavy (non-hydrogen) atoms. The molecule has 0 aromatic heterocycles. The Labute approximate surface area is 144 Å². The van der Waals surface area contributed by atoms with Crippen LogP contribution in [-0.2, 0) is 11.3 Å². The van der Waals surface area contributed by atoms with Gasteiger partial charge in [0.25, 0.3) is 0 Å². The number of nitrogens with one attached hydrogen (secondary N) is 2. The molecular formula is C19H29N3O2. The molecule has 5 nitrogen and oxygen atoms in total. The van der Waals surface area contributed by atoms with Gasteiger partial charge < -0.3 is 15.4 Å². The maximum absolute atomic E-state index is 12.4. The van der Waals surface area contributed by atoms with E-state index in [1.54, 1.807) is 0 Å². The Morgan fingerprint density at radius 3 is 2.54 bits per heavy atom. The first kappa shape index (κ1) is 17.2. The summed E-state index contributed by atoms with van der Waals surface area (Å²) in [5.74, 6) is 0. The number of hydrogen-bond acceptors (Lipinski definition) is 3. The highest BCUT2D eigenvalue weighted by atomic mass is 16.5. The van der Waals surface area contributed by atoms with Crippen molar-refractivity contribution in [3.05, 3.63) is 29.8 Å². The third kappa shape index (κ3) is 5.21. The van der Waals surface area contributed by atoms with Crippen LogP contribution in [0.3, 0.4) is 0 Å². The van der Waals surface area contributed by atoms with E-state index in [2.05, 4.69) is 21.6 Å². The van der Waals surface area contributed by atoms with Gasteiger partial charge in [-0.3, -0.25) is 4.90 Å². The zero-order valence-electron chi connectivity index (χ0n) is 14.4. The van der Waals surface area contributed by atoms with E-state index in [9.17, 15) is 4.79 Å².